The highest BCUT2D eigenvalue weighted by Crippen LogP contribution is 2.35. The Morgan fingerprint density at radius 1 is 1.06 bits per heavy atom. The van der Waals surface area contributed by atoms with Crippen molar-refractivity contribution in [1.82, 2.24) is 4.98 Å². The number of anilines is 1. The van der Waals surface area contributed by atoms with Gasteiger partial charge in [-0.25, -0.2) is 9.78 Å². The number of aryl methyl sites for hydroxylation is 1. The van der Waals surface area contributed by atoms with E-state index in [0.717, 1.165) is 21.9 Å². The Morgan fingerprint density at radius 2 is 1.85 bits per heavy atom. The fourth-order valence-electron chi connectivity index (χ4n) is 3.54. The van der Waals surface area contributed by atoms with Gasteiger partial charge in [-0.3, -0.25) is 4.79 Å². The Hall–Kier alpha value is -2.74. The van der Waals surface area contributed by atoms with Crippen molar-refractivity contribution >= 4 is 62.1 Å². The number of carbonyl (C=O) groups is 2. The number of hydrogen-bond donors (Lipinski definition) is 1. The summed E-state index contributed by atoms with van der Waals surface area (Å²) in [4.78, 5) is 34.1. The first-order chi connectivity index (χ1) is 16.3. The average molecular weight is 513 g/mol. The molecule has 0 aliphatic heterocycles. The lowest BCUT2D eigenvalue weighted by molar-refractivity contribution is 0.0528. The monoisotopic (exact) mass is 512 g/mol. The summed E-state index contributed by atoms with van der Waals surface area (Å²) in [7, 11) is 0. The Bertz CT molecular complexity index is 1370. The van der Waals surface area contributed by atoms with Crippen LogP contribution in [-0.2, 0) is 11.2 Å². The third-order valence-corrected chi connectivity index (χ3v) is 8.16. The Balaban J connectivity index is 1.79. The van der Waals surface area contributed by atoms with Crippen LogP contribution in [0.2, 0.25) is 5.02 Å². The van der Waals surface area contributed by atoms with Crippen LogP contribution in [0.15, 0.2) is 42.5 Å². The van der Waals surface area contributed by atoms with Crippen LogP contribution in [0.5, 0.6) is 0 Å². The Labute approximate surface area is 211 Å². The van der Waals surface area contributed by atoms with Crippen molar-refractivity contribution in [1.29, 1.82) is 0 Å². The molecule has 0 saturated carbocycles. The van der Waals surface area contributed by atoms with Crippen LogP contribution in [0.3, 0.4) is 0 Å². The molecule has 1 amide bonds. The summed E-state index contributed by atoms with van der Waals surface area (Å²) in [6, 6.07) is 13.0. The number of thiophene rings is 2. The number of rotatable bonds is 7. The van der Waals surface area contributed by atoms with Gasteiger partial charge in [0.25, 0.3) is 5.91 Å². The molecule has 0 fully saturated rings. The lowest BCUT2D eigenvalue weighted by atomic mass is 10.1. The number of nitrogens with zero attached hydrogens (tertiary/aromatic N) is 1. The van der Waals surface area contributed by atoms with Gasteiger partial charge in [0.1, 0.15) is 5.00 Å². The number of esters is 1. The number of amides is 1. The highest BCUT2D eigenvalue weighted by molar-refractivity contribution is 7.17. The zero-order valence-electron chi connectivity index (χ0n) is 19.4. The summed E-state index contributed by atoms with van der Waals surface area (Å²) >= 11 is 9.31. The average Bonchev–Trinajstić information content (AvgIpc) is 3.46. The van der Waals surface area contributed by atoms with E-state index in [1.165, 1.54) is 16.2 Å². The van der Waals surface area contributed by atoms with Gasteiger partial charge >= 0.3 is 5.97 Å². The summed E-state index contributed by atoms with van der Waals surface area (Å²) in [5.41, 5.74) is 2.22. The van der Waals surface area contributed by atoms with Gasteiger partial charge in [-0.2, -0.15) is 0 Å². The molecule has 4 aromatic rings. The molecule has 1 aromatic carbocycles. The second-order valence-electron chi connectivity index (χ2n) is 8.06. The van der Waals surface area contributed by atoms with E-state index in [2.05, 4.69) is 18.3 Å². The van der Waals surface area contributed by atoms with Crippen LogP contribution in [-0.4, -0.2) is 23.5 Å². The van der Waals surface area contributed by atoms with Crippen molar-refractivity contribution < 1.29 is 14.3 Å². The molecule has 176 valence electrons. The van der Waals surface area contributed by atoms with Crippen LogP contribution in [0.25, 0.3) is 21.5 Å². The number of aromatic nitrogens is 1. The number of hydrogen-bond acceptors (Lipinski definition) is 6. The molecule has 8 heteroatoms. The minimum atomic E-state index is -0.449. The molecule has 0 aliphatic rings. The molecular weight excluding hydrogens is 488 g/mol. The lowest BCUT2D eigenvalue weighted by Crippen LogP contribution is -2.15. The first-order valence-electron chi connectivity index (χ1n) is 11.1. The van der Waals surface area contributed by atoms with Gasteiger partial charge in [-0.05, 0) is 61.7 Å². The maximum absolute atomic E-state index is 13.6. The van der Waals surface area contributed by atoms with Crippen LogP contribution in [0, 0.1) is 0 Å². The summed E-state index contributed by atoms with van der Waals surface area (Å²) < 4.78 is 5.22. The molecule has 0 saturated heterocycles. The zero-order valence-corrected chi connectivity index (χ0v) is 21.8. The van der Waals surface area contributed by atoms with Gasteiger partial charge in [-0.15, -0.1) is 22.7 Å². The van der Waals surface area contributed by atoms with Crippen LogP contribution < -0.4 is 5.32 Å². The van der Waals surface area contributed by atoms with Crippen LogP contribution in [0.4, 0.5) is 5.00 Å². The highest BCUT2D eigenvalue weighted by atomic mass is 35.5. The lowest BCUT2D eigenvalue weighted by Gasteiger charge is -2.11. The molecule has 5 nitrogen and oxygen atoms in total. The number of nitrogens with one attached hydrogen (secondary N) is 1. The Kier molecular flexibility index (Phi) is 7.36. The number of benzene rings is 1. The summed E-state index contributed by atoms with van der Waals surface area (Å²) in [5, 5.41) is 4.61. The van der Waals surface area contributed by atoms with Crippen molar-refractivity contribution in [3.63, 3.8) is 0 Å². The molecule has 3 aromatic heterocycles. The van der Waals surface area contributed by atoms with E-state index >= 15 is 0 Å². The van der Waals surface area contributed by atoms with Crippen molar-refractivity contribution in [3.8, 4) is 10.6 Å². The highest BCUT2D eigenvalue weighted by Gasteiger charge is 2.22. The Morgan fingerprint density at radius 3 is 2.53 bits per heavy atom. The number of fused-ring (bicyclic) bond motifs is 1. The van der Waals surface area contributed by atoms with Gasteiger partial charge in [0, 0.05) is 20.2 Å². The fourth-order valence-corrected chi connectivity index (χ4v) is 5.66. The summed E-state index contributed by atoms with van der Waals surface area (Å²) in [6.45, 7) is 8.22. The van der Waals surface area contributed by atoms with Gasteiger partial charge in [-0.1, -0.05) is 32.4 Å². The SMILES string of the molecule is CCOC(=O)c1cc(C(C)C)sc1NC(=O)c1cc(-c2ccc(CC)s2)nc2ccc(Cl)cc12. The van der Waals surface area contributed by atoms with Crippen LogP contribution in [0.1, 0.15) is 64.1 Å². The second-order valence-corrected chi connectivity index (χ2v) is 10.7. The first-order valence-corrected chi connectivity index (χ1v) is 13.1. The van der Waals surface area contributed by atoms with E-state index in [1.54, 1.807) is 42.5 Å². The minimum absolute atomic E-state index is 0.211. The molecular formula is C26H25ClN2O3S2. The van der Waals surface area contributed by atoms with E-state index in [4.69, 9.17) is 21.3 Å². The number of ether oxygens (including phenoxy) is 1. The van der Waals surface area contributed by atoms with Crippen molar-refractivity contribution in [2.45, 2.75) is 40.0 Å². The fraction of sp³-hybridized carbons (Fsp3) is 0.269. The smallest absolute Gasteiger partial charge is 0.341 e. The molecule has 0 radical (unpaired) electrons. The minimum Gasteiger partial charge on any atom is -0.462 e. The molecule has 34 heavy (non-hydrogen) atoms. The van der Waals surface area contributed by atoms with Gasteiger partial charge in [0.05, 0.1) is 33.8 Å². The van der Waals surface area contributed by atoms with Crippen LogP contribution >= 0.6 is 34.3 Å². The van der Waals surface area contributed by atoms with E-state index in [0.29, 0.717) is 32.1 Å². The molecule has 0 aliphatic carbocycles. The van der Waals surface area contributed by atoms with Gasteiger partial charge in [0.2, 0.25) is 0 Å². The number of pyridine rings is 1. The van der Waals surface area contributed by atoms with E-state index in [-0.39, 0.29) is 18.4 Å². The molecule has 3 heterocycles. The third-order valence-electron chi connectivity index (χ3n) is 5.32. The molecule has 0 unspecified atom stereocenters. The number of carbonyl (C=O) groups excluding carboxylic acids is 2. The maximum Gasteiger partial charge on any atom is 0.341 e. The number of halogens is 1. The van der Waals surface area contributed by atoms with E-state index < -0.39 is 5.97 Å². The van der Waals surface area contributed by atoms with Crippen molar-refractivity contribution in [2.75, 3.05) is 11.9 Å². The third kappa shape index (κ3) is 5.02. The standard InChI is InChI=1S/C26H25ClN2O3S2/c1-5-16-8-10-22(33-16)21-12-18(17-11-15(27)7-9-20(17)28-21)24(30)29-25-19(26(31)32-6-2)13-23(34-25)14(3)4/h7-14H,5-6H2,1-4H3,(H,29,30). The molecule has 0 atom stereocenters. The van der Waals surface area contributed by atoms with Gasteiger partial charge in [0.15, 0.2) is 0 Å². The van der Waals surface area contributed by atoms with Crippen molar-refractivity contribution in [3.05, 3.63) is 68.4 Å². The predicted molar refractivity (Wildman–Crippen MR) is 142 cm³/mol. The topological polar surface area (TPSA) is 68.3 Å². The molecule has 1 N–H and O–H groups in total. The molecule has 0 bridgehead atoms. The quantitative estimate of drug-likeness (QED) is 0.256. The summed E-state index contributed by atoms with van der Waals surface area (Å²) in [5.74, 6) is -0.566. The zero-order chi connectivity index (χ0) is 24.4. The van der Waals surface area contributed by atoms with Crippen molar-refractivity contribution in [2.24, 2.45) is 0 Å². The normalized spacial score (nSPS) is 11.2. The van der Waals surface area contributed by atoms with E-state index in [9.17, 15) is 9.59 Å². The molecule has 0 spiro atoms. The molecule has 4 rings (SSSR count). The first kappa shape index (κ1) is 24.4. The van der Waals surface area contributed by atoms with Gasteiger partial charge < -0.3 is 10.1 Å². The largest absolute Gasteiger partial charge is 0.462 e. The summed E-state index contributed by atoms with van der Waals surface area (Å²) in [6.07, 6.45) is 0.939. The second kappa shape index (κ2) is 10.3. The maximum atomic E-state index is 13.6. The van der Waals surface area contributed by atoms with E-state index in [1.807, 2.05) is 26.0 Å². The predicted octanol–water partition coefficient (Wildman–Crippen LogP) is 7.79.